The van der Waals surface area contributed by atoms with Crippen LogP contribution in [0.3, 0.4) is 0 Å². The minimum absolute atomic E-state index is 0. The molecule has 0 radical (unpaired) electrons. The topological polar surface area (TPSA) is 126 Å². The van der Waals surface area contributed by atoms with Crippen LogP contribution < -0.4 is 31.9 Å². The molecule has 4 unspecified atom stereocenters. The Morgan fingerprint density at radius 1 is 0.365 bits per heavy atom. The van der Waals surface area contributed by atoms with Gasteiger partial charge in [0.25, 0.3) is 0 Å². The summed E-state index contributed by atoms with van der Waals surface area (Å²) < 4.78 is 0. The van der Waals surface area contributed by atoms with Gasteiger partial charge in [-0.05, 0) is 13.8 Å². The summed E-state index contributed by atoms with van der Waals surface area (Å²) in [5.74, 6) is 0.834. The Labute approximate surface area is 339 Å². The zero-order valence-corrected chi connectivity index (χ0v) is 38.3. The number of aryl methyl sites for hydroxylation is 2. The molecule has 0 spiro atoms. The largest absolute Gasteiger partial charge is 2.00 e. The molecule has 280 valence electrons. The van der Waals surface area contributed by atoms with Crippen molar-refractivity contribution in [1.29, 1.82) is 0 Å². The van der Waals surface area contributed by atoms with Crippen LogP contribution in [0.5, 0.6) is 11.5 Å². The van der Waals surface area contributed by atoms with Crippen LogP contribution in [-0.2, 0) is 65.1 Å². The first kappa shape index (κ1) is 45.3. The van der Waals surface area contributed by atoms with Crippen molar-refractivity contribution in [2.45, 2.75) is 40.0 Å². The van der Waals surface area contributed by atoms with Crippen molar-refractivity contribution in [3.05, 3.63) is 57.6 Å². The second-order valence-electron chi connectivity index (χ2n) is 14.4. The first-order valence-electron chi connectivity index (χ1n) is 19.2. The average molecular weight is 826 g/mol. The summed E-state index contributed by atoms with van der Waals surface area (Å²) in [6.07, 6.45) is 0. The van der Waals surface area contributed by atoms with E-state index in [1.807, 2.05) is 0 Å². The fourth-order valence-electron chi connectivity index (χ4n) is 7.35. The molecule has 3 heterocycles. The molecule has 0 aromatic heterocycles. The molecule has 0 aliphatic carbocycles. The smallest absolute Gasteiger partial charge is 0.507 e. The van der Waals surface area contributed by atoms with Crippen LogP contribution in [0.2, 0.25) is 0 Å². The molecule has 2 saturated heterocycles. The van der Waals surface area contributed by atoms with E-state index in [-0.39, 0.29) is 39.0 Å². The Morgan fingerprint density at radius 3 is 0.808 bits per heavy atom. The summed E-state index contributed by atoms with van der Waals surface area (Å²) in [5.41, 5.74) is 6.26. The second-order valence-corrected chi connectivity index (χ2v) is 14.4. The van der Waals surface area contributed by atoms with Gasteiger partial charge in [-0.1, -0.05) is 35.4 Å². The molecule has 52 heavy (non-hydrogen) atoms. The summed E-state index contributed by atoms with van der Waals surface area (Å²) >= 11 is 0. The number of phenols is 2. The fraction of sp³-hybridized carbons (Fsp3) is 0.684. The van der Waals surface area contributed by atoms with Gasteiger partial charge in [0.15, 0.2) is 0 Å². The minimum Gasteiger partial charge on any atom is -0.507 e. The van der Waals surface area contributed by atoms with Crippen LogP contribution in [0.4, 0.5) is 0 Å². The van der Waals surface area contributed by atoms with Crippen molar-refractivity contribution in [1.82, 2.24) is 51.5 Å². The molecule has 0 amide bonds. The summed E-state index contributed by atoms with van der Waals surface area (Å²) in [7, 11) is 0. The van der Waals surface area contributed by atoms with Crippen LogP contribution >= 0.6 is 0 Å². The summed E-state index contributed by atoms with van der Waals surface area (Å²) in [4.78, 5) is 10.2. The van der Waals surface area contributed by atoms with Crippen LogP contribution in [0.1, 0.15) is 33.4 Å². The van der Waals surface area contributed by atoms with E-state index in [1.165, 1.54) is 11.1 Å². The van der Waals surface area contributed by atoms with E-state index < -0.39 is 0 Å². The third-order valence-corrected chi connectivity index (χ3v) is 10.4. The SMILES string of the molecule is Cc1cc2c(O)c(c1)CNCCN1CCNCCN(CCNCc3cc(C)cc(c3O)CNCCN3CCNCCN(CCNC2)CC3)CC1.[Zn+2].[Zn+2]. The van der Waals surface area contributed by atoms with E-state index in [1.54, 1.807) is 0 Å². The predicted octanol–water partition coefficient (Wildman–Crippen LogP) is 0.196. The third-order valence-electron chi connectivity index (χ3n) is 10.4. The van der Waals surface area contributed by atoms with E-state index in [0.29, 0.717) is 37.7 Å². The first-order chi connectivity index (χ1) is 24.4. The Bertz CT molecular complexity index is 1120. The molecule has 3 aliphatic heterocycles. The number of benzene rings is 2. The third kappa shape index (κ3) is 15.6. The normalized spacial score (nSPS) is 25.7. The number of aromatic hydroxyl groups is 2. The van der Waals surface area contributed by atoms with Crippen molar-refractivity contribution in [2.24, 2.45) is 0 Å². The average Bonchev–Trinajstić information content (AvgIpc) is 3.29. The van der Waals surface area contributed by atoms with Gasteiger partial charge in [0, 0.05) is 179 Å². The molecule has 8 bridgehead atoms. The molecule has 3 aliphatic rings. The molecule has 4 atom stereocenters. The van der Waals surface area contributed by atoms with E-state index in [0.717, 1.165) is 153 Å². The summed E-state index contributed by atoms with van der Waals surface area (Å²) in [6.45, 7) is 26.6. The Balaban J connectivity index is 0.00000364. The number of phenolic OH excluding ortho intramolecular Hbond substituents is 2. The molecule has 2 aromatic rings. The van der Waals surface area contributed by atoms with Crippen molar-refractivity contribution >= 4 is 0 Å². The second kappa shape index (κ2) is 25.1. The fourth-order valence-corrected chi connectivity index (χ4v) is 7.35. The van der Waals surface area contributed by atoms with Gasteiger partial charge in [-0.25, -0.2) is 0 Å². The molecule has 0 saturated carbocycles. The molecular weight excluding hydrogens is 759 g/mol. The molecule has 14 heteroatoms. The number of nitrogens with one attached hydrogen (secondary N) is 6. The van der Waals surface area contributed by atoms with Crippen molar-refractivity contribution in [2.75, 3.05) is 131 Å². The van der Waals surface area contributed by atoms with Gasteiger partial charge in [0.05, 0.1) is 0 Å². The number of fused-ring (bicyclic) bond motifs is 10. The van der Waals surface area contributed by atoms with Gasteiger partial charge in [-0.2, -0.15) is 0 Å². The predicted molar refractivity (Wildman–Crippen MR) is 204 cm³/mol. The number of hydrogen-bond donors (Lipinski definition) is 8. The van der Waals surface area contributed by atoms with Crippen LogP contribution in [0.25, 0.3) is 0 Å². The summed E-state index contributed by atoms with van der Waals surface area (Å²) in [5, 5.41) is 44.0. The Morgan fingerprint density at radius 2 is 0.577 bits per heavy atom. The van der Waals surface area contributed by atoms with Crippen molar-refractivity contribution < 1.29 is 49.2 Å². The molecule has 8 N–H and O–H groups in total. The van der Waals surface area contributed by atoms with Crippen molar-refractivity contribution in [3.63, 3.8) is 0 Å². The van der Waals surface area contributed by atoms with Crippen molar-refractivity contribution in [3.8, 4) is 11.5 Å². The Kier molecular flexibility index (Phi) is 21.9. The van der Waals surface area contributed by atoms with E-state index in [9.17, 15) is 10.2 Å². The molecule has 2 fully saturated rings. The maximum absolute atomic E-state index is 11.2. The van der Waals surface area contributed by atoms with Gasteiger partial charge in [-0.15, -0.1) is 0 Å². The quantitative estimate of drug-likeness (QED) is 0.173. The zero-order chi connectivity index (χ0) is 35.0. The van der Waals surface area contributed by atoms with Crippen LogP contribution in [0, 0.1) is 13.8 Å². The molecule has 5 rings (SSSR count). The zero-order valence-electron chi connectivity index (χ0n) is 32.4. The molecule has 2 aromatic carbocycles. The van der Waals surface area contributed by atoms with E-state index >= 15 is 0 Å². The standard InChI is InChI=1S/C38H66N10O2.2Zn/c1-31-23-33-27-41-7-15-45-11-3-39-5-13-47(21-19-45)17-9-43-29-35-25-32(2)26-36(38(35)50)30-44-10-18-48-14-6-40-4-12-46(20-22-48)16-8-42-28-34(24-31)37(33)49;;/h23-26,39-44,49-50H,3-22,27-30H2,1-2H3;;/q;2*+2. The van der Waals surface area contributed by atoms with Crippen LogP contribution in [0.15, 0.2) is 24.3 Å². The maximum Gasteiger partial charge on any atom is 2.00 e. The van der Waals surface area contributed by atoms with Crippen LogP contribution in [-0.4, -0.2) is 161 Å². The number of rotatable bonds is 0. The Hall–Kier alpha value is -1.11. The number of hydrogen-bond acceptors (Lipinski definition) is 12. The van der Waals surface area contributed by atoms with Gasteiger partial charge in [0.1, 0.15) is 11.5 Å². The van der Waals surface area contributed by atoms with E-state index in [2.05, 4.69) is 89.6 Å². The first-order valence-corrected chi connectivity index (χ1v) is 19.2. The van der Waals surface area contributed by atoms with Gasteiger partial charge >= 0.3 is 39.0 Å². The van der Waals surface area contributed by atoms with Gasteiger partial charge in [-0.3, -0.25) is 19.6 Å². The monoisotopic (exact) mass is 822 g/mol. The molecule has 12 nitrogen and oxygen atoms in total. The molecular formula is C38H66N10O2Zn2+4. The minimum atomic E-state index is 0. The van der Waals surface area contributed by atoms with E-state index in [4.69, 9.17) is 0 Å². The number of nitrogens with zero attached hydrogens (tertiary/aromatic N) is 4. The van der Waals surface area contributed by atoms with Gasteiger partial charge in [0.2, 0.25) is 0 Å². The summed E-state index contributed by atoms with van der Waals surface area (Å²) in [6, 6.07) is 8.45. The van der Waals surface area contributed by atoms with Gasteiger partial charge < -0.3 is 42.1 Å². The maximum atomic E-state index is 11.2.